The summed E-state index contributed by atoms with van der Waals surface area (Å²) >= 11 is 0. The Kier molecular flexibility index (Phi) is 1.92. The molecule has 1 aliphatic heterocycles. The smallest absolute Gasteiger partial charge is 0.137 e. The van der Waals surface area contributed by atoms with Crippen LogP contribution in [0, 0.1) is 11.8 Å². The highest BCUT2D eigenvalue weighted by Gasteiger charge is 1.92. The van der Waals surface area contributed by atoms with Gasteiger partial charge in [0.2, 0.25) is 0 Å². The lowest BCUT2D eigenvalue weighted by molar-refractivity contribution is 0.974. The van der Waals surface area contributed by atoms with Crippen LogP contribution < -0.4 is 5.43 Å². The Morgan fingerprint density at radius 1 is 1.67 bits per heavy atom. The van der Waals surface area contributed by atoms with E-state index >= 15 is 0 Å². The molecule has 2 nitrogen and oxygen atoms in total. The van der Waals surface area contributed by atoms with Gasteiger partial charge in [0.15, 0.2) is 0 Å². The van der Waals surface area contributed by atoms with Gasteiger partial charge in [0.05, 0.1) is 6.20 Å². The largest absolute Gasteiger partial charge is 0.158 e. The second-order valence-electron chi connectivity index (χ2n) is 1.57. The fourth-order valence-electron chi connectivity index (χ4n) is 0.478. The van der Waals surface area contributed by atoms with Crippen molar-refractivity contribution >= 4 is 5.71 Å². The predicted molar refractivity (Wildman–Crippen MR) is 36.8 cm³/mol. The lowest BCUT2D eigenvalue weighted by Crippen LogP contribution is -1.83. The molecule has 0 unspecified atom stereocenters. The highest BCUT2D eigenvalue weighted by Crippen LogP contribution is 1.87. The molecule has 1 aliphatic rings. The summed E-state index contributed by atoms with van der Waals surface area (Å²) in [6.07, 6.45) is 4.30. The summed E-state index contributed by atoms with van der Waals surface area (Å²) in [5.41, 5.74) is 4.38. The molecule has 0 aliphatic carbocycles. The molecule has 0 atom stereocenters. The summed E-state index contributed by atoms with van der Waals surface area (Å²) in [5.74, 6) is 5.75. The minimum Gasteiger partial charge on any atom is -0.158 e. The third-order valence-corrected chi connectivity index (χ3v) is 0.858. The first-order valence-corrected chi connectivity index (χ1v) is 2.86. The van der Waals surface area contributed by atoms with E-state index in [0.29, 0.717) is 0 Å². The fraction of sp³-hybridized carbons (Fsp3) is 0.286. The van der Waals surface area contributed by atoms with Crippen molar-refractivity contribution in [2.24, 2.45) is 5.10 Å². The maximum Gasteiger partial charge on any atom is 0.137 e. The molecule has 0 amide bonds. The maximum atomic E-state index is 3.73. The second-order valence-corrected chi connectivity index (χ2v) is 1.57. The van der Waals surface area contributed by atoms with Crippen LogP contribution in [0.25, 0.3) is 0 Å². The number of nitrogens with zero attached hydrogens (tertiary/aromatic N) is 2. The molecule has 1 rings (SSSR count). The van der Waals surface area contributed by atoms with Crippen LogP contribution in [0.3, 0.4) is 0 Å². The normalized spacial score (nSPS) is 13.7. The molecule has 0 aromatic carbocycles. The summed E-state index contributed by atoms with van der Waals surface area (Å²) in [5, 5.41) is 3.73. The van der Waals surface area contributed by atoms with E-state index in [0.717, 1.165) is 12.1 Å². The molecule has 0 N–H and O–H groups in total. The zero-order valence-electron chi connectivity index (χ0n) is 5.26. The molecule has 1 heterocycles. The van der Waals surface area contributed by atoms with Crippen LogP contribution in [0.5, 0.6) is 0 Å². The van der Waals surface area contributed by atoms with Gasteiger partial charge in [0.1, 0.15) is 5.71 Å². The first kappa shape index (κ1) is 5.90. The van der Waals surface area contributed by atoms with Gasteiger partial charge >= 0.3 is 0 Å². The van der Waals surface area contributed by atoms with Gasteiger partial charge in [-0.3, -0.25) is 0 Å². The third-order valence-electron chi connectivity index (χ3n) is 0.858. The summed E-state index contributed by atoms with van der Waals surface area (Å²) < 4.78 is 0. The average Bonchev–Trinajstić information content (AvgIpc) is 2.34. The van der Waals surface area contributed by atoms with Gasteiger partial charge in [0, 0.05) is 6.42 Å². The Labute approximate surface area is 54.6 Å². The molecule has 0 fully saturated rings. The lowest BCUT2D eigenvalue weighted by atomic mass is 10.3. The molecule has 9 heavy (non-hydrogen) atoms. The number of hydrogen-bond acceptors (Lipinski definition) is 1. The minimum atomic E-state index is 0.761. The van der Waals surface area contributed by atoms with E-state index < -0.39 is 0 Å². The summed E-state index contributed by atoms with van der Waals surface area (Å²) in [4.78, 5) is 0. The van der Waals surface area contributed by atoms with Gasteiger partial charge in [-0.05, 0) is 12.0 Å². The Balaban J connectivity index is 2.53. The summed E-state index contributed by atoms with van der Waals surface area (Å²) in [7, 11) is 0. The molecule has 0 saturated carbocycles. The second kappa shape index (κ2) is 2.93. The number of rotatable bonds is 0. The number of allylic oxidation sites excluding steroid dienone is 1. The van der Waals surface area contributed by atoms with Crippen LogP contribution in [-0.4, -0.2) is 5.71 Å². The van der Waals surface area contributed by atoms with Crippen LogP contribution in [0.1, 0.15) is 13.3 Å². The van der Waals surface area contributed by atoms with Crippen molar-refractivity contribution in [2.45, 2.75) is 13.3 Å². The fourth-order valence-corrected chi connectivity index (χ4v) is 0.478. The van der Waals surface area contributed by atoms with Crippen molar-refractivity contribution in [3.8, 4) is 11.8 Å². The van der Waals surface area contributed by atoms with Gasteiger partial charge in [-0.15, -0.1) is 5.10 Å². The highest BCUT2D eigenvalue weighted by atomic mass is 15.3. The zero-order chi connectivity index (χ0) is 6.53. The lowest BCUT2D eigenvalue weighted by Gasteiger charge is -1.74. The van der Waals surface area contributed by atoms with Crippen LogP contribution in [0.4, 0.5) is 0 Å². The third kappa shape index (κ3) is 1.61. The van der Waals surface area contributed by atoms with E-state index in [2.05, 4.69) is 22.4 Å². The first-order chi connectivity index (χ1) is 4.43. The van der Waals surface area contributed by atoms with Crippen LogP contribution in [0.15, 0.2) is 17.4 Å². The monoisotopic (exact) mass is 119 g/mol. The van der Waals surface area contributed by atoms with Crippen molar-refractivity contribution < 1.29 is 0 Å². The number of hydrogen-bond donors (Lipinski definition) is 0. The summed E-state index contributed by atoms with van der Waals surface area (Å²) in [6.45, 7) is 2.00. The van der Waals surface area contributed by atoms with E-state index in [9.17, 15) is 0 Å². The van der Waals surface area contributed by atoms with Gasteiger partial charge in [-0.2, -0.15) is 5.43 Å². The van der Waals surface area contributed by atoms with Gasteiger partial charge in [-0.1, -0.05) is 12.8 Å². The molecule has 2 heteroatoms. The Bertz CT molecular complexity index is 203. The van der Waals surface area contributed by atoms with Crippen molar-refractivity contribution in [2.75, 3.05) is 0 Å². The van der Waals surface area contributed by atoms with Crippen LogP contribution in [0.2, 0.25) is 0 Å². The molecule has 0 aromatic heterocycles. The van der Waals surface area contributed by atoms with Crippen molar-refractivity contribution in [1.29, 1.82) is 0 Å². The van der Waals surface area contributed by atoms with Gasteiger partial charge in [-0.25, -0.2) is 0 Å². The molecule has 0 saturated heterocycles. The maximum absolute atomic E-state index is 3.73. The van der Waals surface area contributed by atoms with Crippen LogP contribution in [-0.2, 0) is 0 Å². The van der Waals surface area contributed by atoms with Crippen molar-refractivity contribution in [3.63, 3.8) is 0 Å². The quantitative estimate of drug-likeness (QED) is 0.423. The molecule has 0 spiro atoms. The summed E-state index contributed by atoms with van der Waals surface area (Å²) in [6, 6.07) is 0. The van der Waals surface area contributed by atoms with E-state index in [1.807, 2.05) is 6.92 Å². The molecule has 45 valence electrons. The van der Waals surface area contributed by atoms with Gasteiger partial charge in [0.25, 0.3) is 0 Å². The Morgan fingerprint density at radius 3 is 3.11 bits per heavy atom. The molecular weight excluding hydrogens is 112 g/mol. The van der Waals surface area contributed by atoms with Crippen molar-refractivity contribution in [3.05, 3.63) is 12.3 Å². The first-order valence-electron chi connectivity index (χ1n) is 2.86. The molecular formula is C7H7N2. The van der Waals surface area contributed by atoms with E-state index in [4.69, 9.17) is 0 Å². The SMILES string of the molecule is CCC#CC1=N[N]C=C1. The van der Waals surface area contributed by atoms with Gasteiger partial charge < -0.3 is 0 Å². The van der Waals surface area contributed by atoms with E-state index in [1.165, 1.54) is 0 Å². The Hall–Kier alpha value is -1.23. The van der Waals surface area contributed by atoms with Crippen LogP contribution >= 0.6 is 0 Å². The molecule has 0 aromatic rings. The predicted octanol–water partition coefficient (Wildman–Crippen LogP) is 0.887. The Morgan fingerprint density at radius 2 is 2.56 bits per heavy atom. The van der Waals surface area contributed by atoms with E-state index in [-0.39, 0.29) is 0 Å². The zero-order valence-corrected chi connectivity index (χ0v) is 5.26. The minimum absolute atomic E-state index is 0.761. The average molecular weight is 119 g/mol. The molecule has 1 radical (unpaired) electrons. The molecule has 0 bridgehead atoms. The van der Waals surface area contributed by atoms with Crippen molar-refractivity contribution in [1.82, 2.24) is 5.43 Å². The van der Waals surface area contributed by atoms with E-state index in [1.54, 1.807) is 12.3 Å². The topological polar surface area (TPSA) is 26.5 Å². The standard InChI is InChI=1S/C7H7N2/c1-2-3-4-7-5-6-8-9-7/h5-6H,2H2,1H3. The highest BCUT2D eigenvalue weighted by molar-refractivity contribution is 6.09.